The molecule has 0 bridgehead atoms. The van der Waals surface area contributed by atoms with Crippen molar-refractivity contribution in [2.75, 3.05) is 5.32 Å². The summed E-state index contributed by atoms with van der Waals surface area (Å²) in [6, 6.07) is 5.52. The third-order valence-electron chi connectivity index (χ3n) is 2.64. The summed E-state index contributed by atoms with van der Waals surface area (Å²) in [7, 11) is 0. The first-order chi connectivity index (χ1) is 6.86. The molecule has 1 saturated carbocycles. The van der Waals surface area contributed by atoms with Crippen molar-refractivity contribution in [3.8, 4) is 0 Å². The predicted molar refractivity (Wildman–Crippen MR) is 54.8 cm³/mol. The number of pyridine rings is 1. The van der Waals surface area contributed by atoms with E-state index < -0.39 is 0 Å². The summed E-state index contributed by atoms with van der Waals surface area (Å²) >= 11 is 0. The molecule has 1 N–H and O–H groups in total. The number of anilines is 1. The Bertz CT molecular complexity index is 304. The maximum Gasteiger partial charge on any atom is 0.228 e. The second-order valence-corrected chi connectivity index (χ2v) is 3.69. The third-order valence-corrected chi connectivity index (χ3v) is 2.64. The molecule has 14 heavy (non-hydrogen) atoms. The topological polar surface area (TPSA) is 42.0 Å². The van der Waals surface area contributed by atoms with E-state index in [0.29, 0.717) is 5.82 Å². The molecule has 0 aliphatic heterocycles. The van der Waals surface area contributed by atoms with Gasteiger partial charge in [-0.3, -0.25) is 4.79 Å². The fourth-order valence-corrected chi connectivity index (χ4v) is 1.85. The van der Waals surface area contributed by atoms with Crippen LogP contribution in [0.15, 0.2) is 24.4 Å². The second-order valence-electron chi connectivity index (χ2n) is 3.69. The lowest BCUT2D eigenvalue weighted by Crippen LogP contribution is -2.20. The van der Waals surface area contributed by atoms with E-state index in [4.69, 9.17) is 0 Å². The van der Waals surface area contributed by atoms with Crippen molar-refractivity contribution in [1.82, 2.24) is 4.98 Å². The summed E-state index contributed by atoms with van der Waals surface area (Å²) in [5, 5.41) is 2.83. The zero-order chi connectivity index (χ0) is 9.80. The van der Waals surface area contributed by atoms with Gasteiger partial charge in [0.05, 0.1) is 0 Å². The smallest absolute Gasteiger partial charge is 0.228 e. The van der Waals surface area contributed by atoms with Gasteiger partial charge in [-0.15, -0.1) is 0 Å². The number of nitrogens with one attached hydrogen (secondary N) is 1. The summed E-state index contributed by atoms with van der Waals surface area (Å²) in [5.74, 6) is 0.989. The predicted octanol–water partition coefficient (Wildman–Crippen LogP) is 2.21. The summed E-state index contributed by atoms with van der Waals surface area (Å²) in [4.78, 5) is 15.7. The molecule has 3 heteroatoms. The van der Waals surface area contributed by atoms with Gasteiger partial charge < -0.3 is 5.32 Å². The molecule has 1 heterocycles. The first-order valence-corrected chi connectivity index (χ1v) is 5.08. The Labute approximate surface area is 83.5 Å². The number of hydrogen-bond donors (Lipinski definition) is 1. The molecule has 1 amide bonds. The monoisotopic (exact) mass is 190 g/mol. The van der Waals surface area contributed by atoms with Crippen molar-refractivity contribution in [2.45, 2.75) is 25.7 Å². The molecule has 1 aromatic heterocycles. The minimum Gasteiger partial charge on any atom is -0.310 e. The van der Waals surface area contributed by atoms with Crippen molar-refractivity contribution in [3.05, 3.63) is 24.4 Å². The minimum atomic E-state index is 0.126. The molecule has 0 unspecified atom stereocenters. The van der Waals surface area contributed by atoms with Crippen LogP contribution in [0.25, 0.3) is 0 Å². The highest BCUT2D eigenvalue weighted by Gasteiger charge is 2.22. The van der Waals surface area contributed by atoms with Gasteiger partial charge in [0.2, 0.25) is 5.91 Å². The van der Waals surface area contributed by atoms with E-state index in [1.807, 2.05) is 18.2 Å². The molecule has 1 aliphatic rings. The first kappa shape index (κ1) is 9.19. The van der Waals surface area contributed by atoms with E-state index in [2.05, 4.69) is 10.3 Å². The first-order valence-electron chi connectivity index (χ1n) is 5.08. The molecule has 1 fully saturated rings. The highest BCUT2D eigenvalue weighted by molar-refractivity contribution is 5.91. The van der Waals surface area contributed by atoms with Gasteiger partial charge in [0.25, 0.3) is 0 Å². The molecular formula is C11H14N2O. The van der Waals surface area contributed by atoms with Gasteiger partial charge in [0, 0.05) is 12.1 Å². The van der Waals surface area contributed by atoms with Gasteiger partial charge in [-0.25, -0.2) is 4.98 Å². The van der Waals surface area contributed by atoms with Crippen LogP contribution in [0.3, 0.4) is 0 Å². The molecule has 3 nitrogen and oxygen atoms in total. The Balaban J connectivity index is 1.94. The van der Waals surface area contributed by atoms with Crippen LogP contribution in [-0.4, -0.2) is 10.9 Å². The standard InChI is InChI=1S/C11H14N2O/c14-11(9-5-1-2-6-9)13-10-7-3-4-8-12-10/h3-4,7-9H,1-2,5-6H2,(H,12,13,14). The largest absolute Gasteiger partial charge is 0.310 e. The van der Waals surface area contributed by atoms with Crippen LogP contribution in [0.2, 0.25) is 0 Å². The maximum absolute atomic E-state index is 11.7. The Morgan fingerprint density at radius 2 is 2.14 bits per heavy atom. The molecule has 2 rings (SSSR count). The van der Waals surface area contributed by atoms with Gasteiger partial charge >= 0.3 is 0 Å². The zero-order valence-corrected chi connectivity index (χ0v) is 8.07. The lowest BCUT2D eigenvalue weighted by atomic mass is 10.1. The Morgan fingerprint density at radius 3 is 2.79 bits per heavy atom. The molecular weight excluding hydrogens is 176 g/mol. The normalized spacial score (nSPS) is 16.9. The van der Waals surface area contributed by atoms with Crippen molar-refractivity contribution >= 4 is 11.7 Å². The highest BCUT2D eigenvalue weighted by atomic mass is 16.1. The van der Waals surface area contributed by atoms with Crippen molar-refractivity contribution in [2.24, 2.45) is 5.92 Å². The second kappa shape index (κ2) is 4.22. The molecule has 0 aromatic carbocycles. The van der Waals surface area contributed by atoms with E-state index >= 15 is 0 Å². The van der Waals surface area contributed by atoms with E-state index in [9.17, 15) is 4.79 Å². The van der Waals surface area contributed by atoms with Crippen LogP contribution in [0.5, 0.6) is 0 Å². The average molecular weight is 190 g/mol. The van der Waals surface area contributed by atoms with Crippen LogP contribution < -0.4 is 5.32 Å². The summed E-state index contributed by atoms with van der Waals surface area (Å²) in [6.07, 6.45) is 6.10. The quantitative estimate of drug-likeness (QED) is 0.776. The molecule has 0 saturated heterocycles. The Hall–Kier alpha value is -1.38. The van der Waals surface area contributed by atoms with Crippen molar-refractivity contribution in [1.29, 1.82) is 0 Å². The molecule has 0 atom stereocenters. The lowest BCUT2D eigenvalue weighted by Gasteiger charge is -2.08. The highest BCUT2D eigenvalue weighted by Crippen LogP contribution is 2.25. The van der Waals surface area contributed by atoms with Crippen LogP contribution in [0, 0.1) is 5.92 Å². The van der Waals surface area contributed by atoms with Crippen molar-refractivity contribution < 1.29 is 4.79 Å². The van der Waals surface area contributed by atoms with E-state index in [-0.39, 0.29) is 11.8 Å². The fourth-order valence-electron chi connectivity index (χ4n) is 1.85. The number of rotatable bonds is 2. The van der Waals surface area contributed by atoms with Crippen molar-refractivity contribution in [3.63, 3.8) is 0 Å². The van der Waals surface area contributed by atoms with Gasteiger partial charge in [0.1, 0.15) is 5.82 Å². The number of aromatic nitrogens is 1. The third kappa shape index (κ3) is 2.10. The lowest BCUT2D eigenvalue weighted by molar-refractivity contribution is -0.119. The number of amides is 1. The number of nitrogens with zero attached hydrogens (tertiary/aromatic N) is 1. The van der Waals surface area contributed by atoms with Crippen LogP contribution in [0.4, 0.5) is 5.82 Å². The van der Waals surface area contributed by atoms with Gasteiger partial charge in [-0.2, -0.15) is 0 Å². The maximum atomic E-state index is 11.7. The van der Waals surface area contributed by atoms with E-state index in [1.165, 1.54) is 12.8 Å². The molecule has 0 radical (unpaired) electrons. The SMILES string of the molecule is O=C(Nc1ccccn1)C1CCCC1. The number of carbonyl (C=O) groups is 1. The minimum absolute atomic E-state index is 0.126. The van der Waals surface area contributed by atoms with Crippen LogP contribution in [-0.2, 0) is 4.79 Å². The van der Waals surface area contributed by atoms with Crippen LogP contribution >= 0.6 is 0 Å². The Morgan fingerprint density at radius 1 is 1.36 bits per heavy atom. The fraction of sp³-hybridized carbons (Fsp3) is 0.455. The number of carbonyl (C=O) groups excluding carboxylic acids is 1. The van der Waals surface area contributed by atoms with E-state index in [0.717, 1.165) is 12.8 Å². The molecule has 1 aliphatic carbocycles. The molecule has 1 aromatic rings. The average Bonchev–Trinajstić information content (AvgIpc) is 2.72. The summed E-state index contributed by atoms with van der Waals surface area (Å²) < 4.78 is 0. The summed E-state index contributed by atoms with van der Waals surface area (Å²) in [6.45, 7) is 0. The van der Waals surface area contributed by atoms with Gasteiger partial charge in [-0.05, 0) is 25.0 Å². The number of hydrogen-bond acceptors (Lipinski definition) is 2. The van der Waals surface area contributed by atoms with Crippen LogP contribution in [0.1, 0.15) is 25.7 Å². The molecule has 0 spiro atoms. The van der Waals surface area contributed by atoms with Gasteiger partial charge in [-0.1, -0.05) is 18.9 Å². The Kier molecular flexibility index (Phi) is 2.77. The van der Waals surface area contributed by atoms with Gasteiger partial charge in [0.15, 0.2) is 0 Å². The van der Waals surface area contributed by atoms with E-state index in [1.54, 1.807) is 6.20 Å². The molecule has 74 valence electrons. The zero-order valence-electron chi connectivity index (χ0n) is 8.07. The summed E-state index contributed by atoms with van der Waals surface area (Å²) in [5.41, 5.74) is 0.